The van der Waals surface area contributed by atoms with Gasteiger partial charge in [-0.15, -0.1) is 0 Å². The first kappa shape index (κ1) is 18.5. The minimum Gasteiger partial charge on any atom is -0.379 e. The van der Waals surface area contributed by atoms with Crippen LogP contribution < -0.4 is 5.32 Å². The van der Waals surface area contributed by atoms with Gasteiger partial charge < -0.3 is 15.3 Å². The molecular formula is C20H26N4O2. The van der Waals surface area contributed by atoms with Crippen LogP contribution in [0.2, 0.25) is 0 Å². The van der Waals surface area contributed by atoms with Crippen LogP contribution in [-0.2, 0) is 17.8 Å². The van der Waals surface area contributed by atoms with Gasteiger partial charge >= 0.3 is 0 Å². The number of rotatable bonds is 7. The van der Waals surface area contributed by atoms with Gasteiger partial charge in [-0.3, -0.25) is 14.8 Å². The molecular weight excluding hydrogens is 328 g/mol. The molecule has 1 aliphatic rings. The number of nitrogens with one attached hydrogen (secondary N) is 1. The van der Waals surface area contributed by atoms with E-state index in [4.69, 9.17) is 0 Å². The van der Waals surface area contributed by atoms with Crippen LogP contribution in [0.3, 0.4) is 0 Å². The molecule has 3 rings (SSSR count). The van der Waals surface area contributed by atoms with Crippen molar-refractivity contribution in [1.82, 2.24) is 20.2 Å². The lowest BCUT2D eigenvalue weighted by Crippen LogP contribution is -2.58. The number of carbonyl (C=O) groups is 1. The minimum absolute atomic E-state index is 0.179. The van der Waals surface area contributed by atoms with E-state index in [1.54, 1.807) is 17.3 Å². The van der Waals surface area contributed by atoms with Gasteiger partial charge in [0, 0.05) is 38.6 Å². The number of amides is 1. The van der Waals surface area contributed by atoms with Crippen LogP contribution in [0.15, 0.2) is 42.7 Å². The Bertz CT molecular complexity index is 720. The zero-order valence-corrected chi connectivity index (χ0v) is 15.2. The summed E-state index contributed by atoms with van der Waals surface area (Å²) in [6, 6.07) is 10.1. The summed E-state index contributed by atoms with van der Waals surface area (Å²) < 4.78 is 0. The number of aliphatic hydroxyl groups is 1. The Kier molecular flexibility index (Phi) is 5.96. The van der Waals surface area contributed by atoms with Gasteiger partial charge in [-0.05, 0) is 31.7 Å². The summed E-state index contributed by atoms with van der Waals surface area (Å²) in [6.07, 6.45) is 5.52. The number of benzene rings is 1. The molecule has 0 bridgehead atoms. The highest BCUT2D eigenvalue weighted by molar-refractivity contribution is 5.86. The number of likely N-dealkylation sites (tertiary alicyclic amines) is 1. The van der Waals surface area contributed by atoms with Crippen LogP contribution in [0.4, 0.5) is 0 Å². The molecule has 1 saturated heterocycles. The first-order valence-corrected chi connectivity index (χ1v) is 9.11. The van der Waals surface area contributed by atoms with E-state index in [-0.39, 0.29) is 12.5 Å². The highest BCUT2D eigenvalue weighted by Crippen LogP contribution is 2.22. The largest absolute Gasteiger partial charge is 0.379 e. The highest BCUT2D eigenvalue weighted by Gasteiger charge is 2.41. The van der Waals surface area contributed by atoms with E-state index >= 15 is 0 Å². The summed E-state index contributed by atoms with van der Waals surface area (Å²) in [7, 11) is 0. The van der Waals surface area contributed by atoms with E-state index in [9.17, 15) is 9.90 Å². The maximum atomic E-state index is 12.8. The minimum atomic E-state index is -1.34. The Hall–Kier alpha value is -2.31. The highest BCUT2D eigenvalue weighted by atomic mass is 16.3. The van der Waals surface area contributed by atoms with Crippen molar-refractivity contribution >= 4 is 5.91 Å². The van der Waals surface area contributed by atoms with E-state index in [0.717, 1.165) is 24.2 Å². The average molecular weight is 354 g/mol. The fraction of sp³-hybridized carbons (Fsp3) is 0.450. The molecule has 138 valence electrons. The van der Waals surface area contributed by atoms with Crippen molar-refractivity contribution in [3.8, 4) is 0 Å². The number of aryl methyl sites for hydroxylation is 1. The molecule has 6 nitrogen and oxygen atoms in total. The summed E-state index contributed by atoms with van der Waals surface area (Å²) in [5.41, 5.74) is 1.52. The van der Waals surface area contributed by atoms with Gasteiger partial charge in [-0.1, -0.05) is 30.3 Å². The van der Waals surface area contributed by atoms with Crippen LogP contribution in [0.1, 0.15) is 29.8 Å². The molecule has 0 saturated carbocycles. The van der Waals surface area contributed by atoms with E-state index in [0.29, 0.717) is 26.1 Å². The Labute approximate surface area is 154 Å². The molecule has 0 spiro atoms. The lowest BCUT2D eigenvalue weighted by atomic mass is 9.91. The number of hydrogen-bond acceptors (Lipinski definition) is 5. The van der Waals surface area contributed by atoms with E-state index in [1.807, 2.05) is 25.1 Å². The maximum absolute atomic E-state index is 12.8. The number of piperidine rings is 1. The second-order valence-electron chi connectivity index (χ2n) is 6.92. The van der Waals surface area contributed by atoms with Gasteiger partial charge in [-0.2, -0.15) is 0 Å². The summed E-state index contributed by atoms with van der Waals surface area (Å²) >= 11 is 0. The fourth-order valence-electron chi connectivity index (χ4n) is 3.26. The standard InChI is InChI=1S/C20H26N4O2/c1-16-12-23-18(14-22-16)13-21-15-20(26)9-5-10-24(19(20)25)11-8-17-6-3-2-4-7-17/h2-4,6-7,12,14,21,26H,5,8-11,13,15H2,1H3/t20-/m0/s1. The third-order valence-electron chi connectivity index (χ3n) is 4.77. The summed E-state index contributed by atoms with van der Waals surface area (Å²) in [6.45, 7) is 3.93. The third-order valence-corrected chi connectivity index (χ3v) is 4.77. The van der Waals surface area contributed by atoms with Gasteiger partial charge in [-0.25, -0.2) is 0 Å². The Balaban J connectivity index is 1.52. The van der Waals surface area contributed by atoms with Crippen LogP contribution in [0.5, 0.6) is 0 Å². The molecule has 1 amide bonds. The number of hydrogen-bond donors (Lipinski definition) is 2. The van der Waals surface area contributed by atoms with Crippen molar-refractivity contribution in [2.45, 2.75) is 38.3 Å². The quantitative estimate of drug-likeness (QED) is 0.787. The molecule has 0 radical (unpaired) electrons. The topological polar surface area (TPSA) is 78.4 Å². The molecule has 1 aliphatic heterocycles. The van der Waals surface area contributed by atoms with Crippen molar-refractivity contribution in [2.75, 3.05) is 19.6 Å². The molecule has 1 atom stereocenters. The van der Waals surface area contributed by atoms with E-state index < -0.39 is 5.60 Å². The van der Waals surface area contributed by atoms with Crippen molar-refractivity contribution in [2.24, 2.45) is 0 Å². The second-order valence-corrected chi connectivity index (χ2v) is 6.92. The van der Waals surface area contributed by atoms with Crippen molar-refractivity contribution in [3.05, 3.63) is 59.7 Å². The van der Waals surface area contributed by atoms with E-state index in [2.05, 4.69) is 27.4 Å². The monoisotopic (exact) mass is 354 g/mol. The SMILES string of the molecule is Cc1cnc(CNC[C@@]2(O)CCCN(CCc3ccccc3)C2=O)cn1. The van der Waals surface area contributed by atoms with E-state index in [1.165, 1.54) is 5.56 Å². The first-order valence-electron chi connectivity index (χ1n) is 9.11. The average Bonchev–Trinajstić information content (AvgIpc) is 2.66. The first-order chi connectivity index (χ1) is 12.6. The van der Waals surface area contributed by atoms with Crippen molar-refractivity contribution < 1.29 is 9.90 Å². The summed E-state index contributed by atoms with van der Waals surface area (Å²) in [4.78, 5) is 23.0. The molecule has 26 heavy (non-hydrogen) atoms. The molecule has 0 unspecified atom stereocenters. The lowest BCUT2D eigenvalue weighted by molar-refractivity contribution is -0.156. The van der Waals surface area contributed by atoms with Crippen molar-refractivity contribution in [3.63, 3.8) is 0 Å². The lowest BCUT2D eigenvalue weighted by Gasteiger charge is -2.38. The zero-order valence-electron chi connectivity index (χ0n) is 15.2. The van der Waals surface area contributed by atoms with Gasteiger partial charge in [0.25, 0.3) is 5.91 Å². The Morgan fingerprint density at radius 1 is 1.23 bits per heavy atom. The van der Waals surface area contributed by atoms with Crippen LogP contribution in [0.25, 0.3) is 0 Å². The van der Waals surface area contributed by atoms with Gasteiger partial charge in [0.05, 0.1) is 11.4 Å². The van der Waals surface area contributed by atoms with Crippen LogP contribution in [-0.4, -0.2) is 51.1 Å². The molecule has 2 heterocycles. The number of carbonyl (C=O) groups excluding carboxylic acids is 1. The molecule has 2 aromatic rings. The molecule has 6 heteroatoms. The maximum Gasteiger partial charge on any atom is 0.255 e. The normalized spacial score (nSPS) is 20.4. The van der Waals surface area contributed by atoms with Gasteiger partial charge in [0.1, 0.15) is 0 Å². The molecule has 1 aromatic heterocycles. The molecule has 2 N–H and O–H groups in total. The molecule has 0 aliphatic carbocycles. The predicted molar refractivity (Wildman–Crippen MR) is 99.4 cm³/mol. The second kappa shape index (κ2) is 8.38. The molecule has 1 fully saturated rings. The molecule has 1 aromatic carbocycles. The smallest absolute Gasteiger partial charge is 0.255 e. The van der Waals surface area contributed by atoms with Gasteiger partial charge in [0.15, 0.2) is 5.60 Å². The van der Waals surface area contributed by atoms with Crippen molar-refractivity contribution in [1.29, 1.82) is 0 Å². The van der Waals surface area contributed by atoms with Crippen LogP contribution in [0, 0.1) is 6.92 Å². The predicted octanol–water partition coefficient (Wildman–Crippen LogP) is 1.47. The van der Waals surface area contributed by atoms with Gasteiger partial charge in [0.2, 0.25) is 0 Å². The van der Waals surface area contributed by atoms with Crippen LogP contribution >= 0.6 is 0 Å². The third kappa shape index (κ3) is 4.65. The fourth-order valence-corrected chi connectivity index (χ4v) is 3.26. The Morgan fingerprint density at radius 3 is 2.77 bits per heavy atom. The number of aromatic nitrogens is 2. The Morgan fingerprint density at radius 2 is 2.04 bits per heavy atom. The summed E-state index contributed by atoms with van der Waals surface area (Å²) in [5.74, 6) is -0.179. The number of nitrogens with zero attached hydrogens (tertiary/aromatic N) is 3. The zero-order chi connectivity index (χ0) is 18.4. The summed E-state index contributed by atoms with van der Waals surface area (Å²) in [5, 5.41) is 14.0.